The highest BCUT2D eigenvalue weighted by Gasteiger charge is 2.16. The molecule has 2 nitrogen and oxygen atoms in total. The van der Waals surface area contributed by atoms with Gasteiger partial charge >= 0.3 is 0 Å². The van der Waals surface area contributed by atoms with E-state index in [4.69, 9.17) is 0 Å². The normalized spacial score (nSPS) is 16.6. The molecule has 2 aromatic rings. The predicted molar refractivity (Wildman–Crippen MR) is 73.4 cm³/mol. The summed E-state index contributed by atoms with van der Waals surface area (Å²) < 4.78 is 0. The summed E-state index contributed by atoms with van der Waals surface area (Å²) in [6.07, 6.45) is 6.37. The first-order valence-electron chi connectivity index (χ1n) is 6.30. The molecule has 0 fully saturated rings. The maximum atomic E-state index is 10.8. The number of hydrogen-bond acceptors (Lipinski definition) is 1. The zero-order valence-electron chi connectivity index (χ0n) is 10.1. The van der Waals surface area contributed by atoms with Crippen molar-refractivity contribution in [2.24, 2.45) is 0 Å². The van der Waals surface area contributed by atoms with Gasteiger partial charge in [0.15, 0.2) is 6.29 Å². The summed E-state index contributed by atoms with van der Waals surface area (Å²) in [5.41, 5.74) is 5.64. The third-order valence-electron chi connectivity index (χ3n) is 3.41. The van der Waals surface area contributed by atoms with Crippen LogP contribution in [0, 0.1) is 0 Å². The minimum atomic E-state index is 0.681. The number of carbonyl (C=O) groups excluding carboxylic acids is 1. The fourth-order valence-electron chi connectivity index (χ4n) is 2.56. The maximum Gasteiger partial charge on any atom is 0.166 e. The van der Waals surface area contributed by atoms with Gasteiger partial charge < -0.3 is 4.98 Å². The Balaban J connectivity index is 2.03. The highest BCUT2D eigenvalue weighted by Crippen LogP contribution is 2.32. The number of aldehydes is 1. The molecule has 2 heteroatoms. The molecule has 1 N–H and O–H groups in total. The lowest BCUT2D eigenvalue weighted by Gasteiger charge is -2.15. The lowest BCUT2D eigenvalue weighted by atomic mass is 9.91. The molecule has 1 heterocycles. The van der Waals surface area contributed by atoms with Crippen LogP contribution >= 0.6 is 0 Å². The van der Waals surface area contributed by atoms with E-state index in [1.165, 1.54) is 22.4 Å². The Morgan fingerprint density at radius 2 is 1.94 bits per heavy atom. The first kappa shape index (κ1) is 11.0. The molecule has 90 valence electrons. The molecule has 3 rings (SSSR count). The van der Waals surface area contributed by atoms with E-state index in [-0.39, 0.29) is 0 Å². The highest BCUT2D eigenvalue weighted by atomic mass is 16.1. The lowest BCUT2D eigenvalue weighted by molar-refractivity contribution is 0.111. The topological polar surface area (TPSA) is 32.9 Å². The van der Waals surface area contributed by atoms with Crippen molar-refractivity contribution in [1.29, 1.82) is 0 Å². The number of fused-ring (bicyclic) bond motifs is 1. The average Bonchev–Trinajstić information content (AvgIpc) is 2.84. The zero-order chi connectivity index (χ0) is 12.4. The van der Waals surface area contributed by atoms with Crippen LogP contribution in [-0.4, -0.2) is 11.3 Å². The average molecular weight is 237 g/mol. The quantitative estimate of drug-likeness (QED) is 0.794. The number of aromatic nitrogens is 1. The van der Waals surface area contributed by atoms with Gasteiger partial charge in [-0.1, -0.05) is 36.4 Å². The van der Waals surface area contributed by atoms with Crippen molar-refractivity contribution < 1.29 is 4.79 Å². The number of nitrogens with one attached hydrogen (secondary N) is 1. The molecule has 0 saturated heterocycles. The van der Waals surface area contributed by atoms with Gasteiger partial charge in [0.25, 0.3) is 0 Å². The molecular formula is C16H15NO. The van der Waals surface area contributed by atoms with Crippen molar-refractivity contribution in [2.45, 2.75) is 19.3 Å². The maximum absolute atomic E-state index is 10.8. The predicted octanol–water partition coefficient (Wildman–Crippen LogP) is 3.70. The second kappa shape index (κ2) is 4.65. The third kappa shape index (κ3) is 2.02. The summed E-state index contributed by atoms with van der Waals surface area (Å²) in [6.45, 7) is 0. The molecule has 0 atom stereocenters. The number of benzene rings is 1. The molecule has 1 aromatic heterocycles. The molecule has 1 aliphatic rings. The smallest absolute Gasteiger partial charge is 0.166 e. The van der Waals surface area contributed by atoms with Crippen molar-refractivity contribution in [2.75, 3.05) is 0 Å². The Bertz CT molecular complexity index is 593. The number of aryl methyl sites for hydroxylation is 1. The van der Waals surface area contributed by atoms with Crippen LogP contribution in [0.1, 0.15) is 40.2 Å². The lowest BCUT2D eigenvalue weighted by Crippen LogP contribution is -1.99. The summed E-state index contributed by atoms with van der Waals surface area (Å²) in [4.78, 5) is 14.0. The van der Waals surface area contributed by atoms with Gasteiger partial charge in [-0.2, -0.15) is 0 Å². The van der Waals surface area contributed by atoms with E-state index in [9.17, 15) is 4.79 Å². The van der Waals surface area contributed by atoms with Crippen molar-refractivity contribution >= 4 is 17.9 Å². The zero-order valence-corrected chi connectivity index (χ0v) is 10.1. The van der Waals surface area contributed by atoms with E-state index in [2.05, 4.69) is 23.2 Å². The molecule has 0 unspecified atom stereocenters. The van der Waals surface area contributed by atoms with Crippen LogP contribution in [-0.2, 0) is 6.42 Å². The van der Waals surface area contributed by atoms with Crippen molar-refractivity contribution in [3.63, 3.8) is 0 Å². The Labute approximate surface area is 106 Å². The number of H-pyrrole nitrogens is 1. The highest BCUT2D eigenvalue weighted by molar-refractivity contribution is 5.86. The Hall–Kier alpha value is -2.09. The molecule has 0 bridgehead atoms. The second-order valence-corrected chi connectivity index (χ2v) is 4.67. The van der Waals surface area contributed by atoms with Crippen LogP contribution in [0.2, 0.25) is 0 Å². The summed E-state index contributed by atoms with van der Waals surface area (Å²) in [5.74, 6) is 0. The van der Waals surface area contributed by atoms with Gasteiger partial charge in [0.1, 0.15) is 0 Å². The molecule has 0 saturated carbocycles. The van der Waals surface area contributed by atoms with Crippen molar-refractivity contribution in [3.8, 4) is 0 Å². The fraction of sp³-hybridized carbons (Fsp3) is 0.188. The van der Waals surface area contributed by atoms with Gasteiger partial charge in [-0.15, -0.1) is 0 Å². The number of aromatic amines is 1. The van der Waals surface area contributed by atoms with E-state index in [1.54, 1.807) is 0 Å². The van der Waals surface area contributed by atoms with E-state index < -0.39 is 0 Å². The van der Waals surface area contributed by atoms with Gasteiger partial charge in [-0.3, -0.25) is 4.79 Å². The molecule has 0 aliphatic heterocycles. The summed E-state index contributed by atoms with van der Waals surface area (Å²) in [5, 5.41) is 0. The molecule has 0 amide bonds. The van der Waals surface area contributed by atoms with Gasteiger partial charge in [0, 0.05) is 5.69 Å². The summed E-state index contributed by atoms with van der Waals surface area (Å²) in [7, 11) is 0. The van der Waals surface area contributed by atoms with Crippen LogP contribution < -0.4 is 0 Å². The van der Waals surface area contributed by atoms with Crippen molar-refractivity contribution in [3.05, 3.63) is 58.9 Å². The SMILES string of the molecule is O=Cc1cc2c([nH]1)CCC/C2=C\c1ccccc1. The minimum Gasteiger partial charge on any atom is -0.356 e. The van der Waals surface area contributed by atoms with Crippen LogP contribution in [0.3, 0.4) is 0 Å². The van der Waals surface area contributed by atoms with Crippen LogP contribution in [0.25, 0.3) is 11.6 Å². The van der Waals surface area contributed by atoms with E-state index in [0.29, 0.717) is 5.69 Å². The largest absolute Gasteiger partial charge is 0.356 e. The molecule has 0 radical (unpaired) electrons. The third-order valence-corrected chi connectivity index (χ3v) is 3.41. The summed E-state index contributed by atoms with van der Waals surface area (Å²) >= 11 is 0. The number of allylic oxidation sites excluding steroid dienone is 1. The standard InChI is InChI=1S/C16H15NO/c18-11-14-10-15-13(7-4-8-16(15)17-14)9-12-5-2-1-3-6-12/h1-3,5-6,9-11,17H,4,7-8H2/b13-9+. The molecule has 1 aliphatic carbocycles. The molecular weight excluding hydrogens is 222 g/mol. The number of hydrogen-bond donors (Lipinski definition) is 1. The fourth-order valence-corrected chi connectivity index (χ4v) is 2.56. The molecule has 0 spiro atoms. The Kier molecular flexibility index (Phi) is 2.85. The van der Waals surface area contributed by atoms with E-state index in [1.807, 2.05) is 24.3 Å². The molecule has 1 aromatic carbocycles. The number of rotatable bonds is 2. The monoisotopic (exact) mass is 237 g/mol. The van der Waals surface area contributed by atoms with Crippen LogP contribution in [0.15, 0.2) is 36.4 Å². The molecule has 18 heavy (non-hydrogen) atoms. The summed E-state index contributed by atoms with van der Waals surface area (Å²) in [6, 6.07) is 12.3. The minimum absolute atomic E-state index is 0.681. The van der Waals surface area contributed by atoms with E-state index >= 15 is 0 Å². The Morgan fingerprint density at radius 1 is 1.11 bits per heavy atom. The van der Waals surface area contributed by atoms with Gasteiger partial charge in [0.2, 0.25) is 0 Å². The Morgan fingerprint density at radius 3 is 2.72 bits per heavy atom. The van der Waals surface area contributed by atoms with Crippen molar-refractivity contribution in [1.82, 2.24) is 4.98 Å². The van der Waals surface area contributed by atoms with Gasteiger partial charge in [-0.05, 0) is 42.0 Å². The number of carbonyl (C=O) groups is 1. The first-order chi connectivity index (χ1) is 8.86. The van der Waals surface area contributed by atoms with Gasteiger partial charge in [-0.25, -0.2) is 0 Å². The van der Waals surface area contributed by atoms with Crippen LogP contribution in [0.4, 0.5) is 0 Å². The van der Waals surface area contributed by atoms with Crippen LogP contribution in [0.5, 0.6) is 0 Å². The van der Waals surface area contributed by atoms with Gasteiger partial charge in [0.05, 0.1) is 5.69 Å². The van der Waals surface area contributed by atoms with E-state index in [0.717, 1.165) is 25.5 Å². The second-order valence-electron chi connectivity index (χ2n) is 4.67. The first-order valence-corrected chi connectivity index (χ1v) is 6.30.